The molecule has 1 aliphatic rings. The van der Waals surface area contributed by atoms with E-state index >= 15 is 0 Å². The summed E-state index contributed by atoms with van der Waals surface area (Å²) in [7, 11) is 0. The number of fused-ring (bicyclic) bond motifs is 1. The topological polar surface area (TPSA) is 34.4 Å². The van der Waals surface area contributed by atoms with Crippen molar-refractivity contribution in [3.05, 3.63) is 36.0 Å². The molecular weight excluding hydrogens is 238 g/mol. The Bertz CT molecular complexity index is 541. The zero-order chi connectivity index (χ0) is 13.1. The highest BCUT2D eigenvalue weighted by Crippen LogP contribution is 2.22. The molecule has 1 aliphatic heterocycles. The Morgan fingerprint density at radius 2 is 2.05 bits per heavy atom. The molecule has 1 fully saturated rings. The van der Waals surface area contributed by atoms with Crippen LogP contribution < -0.4 is 0 Å². The molecule has 1 saturated heterocycles. The highest BCUT2D eigenvalue weighted by Gasteiger charge is 2.15. The van der Waals surface area contributed by atoms with Gasteiger partial charge in [0.15, 0.2) is 0 Å². The summed E-state index contributed by atoms with van der Waals surface area (Å²) in [6, 6.07) is 8.65. The normalized spacial score (nSPS) is 17.1. The molecule has 0 bridgehead atoms. The van der Waals surface area contributed by atoms with Crippen molar-refractivity contribution in [2.24, 2.45) is 5.92 Å². The molecule has 102 valence electrons. The van der Waals surface area contributed by atoms with Gasteiger partial charge in [0.05, 0.1) is 0 Å². The molecule has 1 aromatic carbocycles. The van der Waals surface area contributed by atoms with Crippen LogP contribution in [0.2, 0.25) is 0 Å². The van der Waals surface area contributed by atoms with E-state index in [1.54, 1.807) is 0 Å². The smallest absolute Gasteiger partial charge is 0.0483 e. The third-order valence-corrected chi connectivity index (χ3v) is 4.03. The zero-order valence-electron chi connectivity index (χ0n) is 11.2. The summed E-state index contributed by atoms with van der Waals surface area (Å²) in [4.78, 5) is 0. The molecular formula is C16H21NO2. The van der Waals surface area contributed by atoms with Crippen LogP contribution >= 0.6 is 0 Å². The monoisotopic (exact) mass is 259 g/mol. The average Bonchev–Trinajstić information content (AvgIpc) is 2.83. The Hall–Kier alpha value is -1.32. The van der Waals surface area contributed by atoms with E-state index in [0.717, 1.165) is 44.9 Å². The van der Waals surface area contributed by atoms with E-state index in [1.807, 2.05) is 0 Å². The third kappa shape index (κ3) is 2.82. The third-order valence-electron chi connectivity index (χ3n) is 4.03. The Balaban J connectivity index is 1.83. The standard InChI is InChI=1S/C16H21NO2/c18-8-4-13-1-2-15-3-7-17(16(15)11-13)12-14-5-9-19-10-6-14/h1-3,7,11,14,18H,4-6,8-10,12H2. The van der Waals surface area contributed by atoms with Crippen molar-refractivity contribution < 1.29 is 9.84 Å². The molecule has 2 heterocycles. The number of hydrogen-bond donors (Lipinski definition) is 1. The summed E-state index contributed by atoms with van der Waals surface area (Å²) in [5, 5.41) is 10.3. The summed E-state index contributed by atoms with van der Waals surface area (Å²) < 4.78 is 7.77. The maximum absolute atomic E-state index is 9.05. The first kappa shape index (κ1) is 12.7. The van der Waals surface area contributed by atoms with Crippen LogP contribution in [0.4, 0.5) is 0 Å². The first-order valence-corrected chi connectivity index (χ1v) is 7.13. The van der Waals surface area contributed by atoms with Crippen LogP contribution in [0.25, 0.3) is 10.9 Å². The van der Waals surface area contributed by atoms with Crippen LogP contribution in [0, 0.1) is 5.92 Å². The predicted molar refractivity (Wildman–Crippen MR) is 76.3 cm³/mol. The van der Waals surface area contributed by atoms with Crippen LogP contribution in [-0.2, 0) is 17.7 Å². The van der Waals surface area contributed by atoms with Crippen LogP contribution in [0.3, 0.4) is 0 Å². The minimum atomic E-state index is 0.214. The molecule has 1 N–H and O–H groups in total. The van der Waals surface area contributed by atoms with Crippen molar-refractivity contribution in [3.63, 3.8) is 0 Å². The van der Waals surface area contributed by atoms with Gasteiger partial charge in [-0.3, -0.25) is 0 Å². The molecule has 0 unspecified atom stereocenters. The van der Waals surface area contributed by atoms with Gasteiger partial charge in [-0.2, -0.15) is 0 Å². The number of ether oxygens (including phenoxy) is 1. The lowest BCUT2D eigenvalue weighted by Gasteiger charge is -2.22. The van der Waals surface area contributed by atoms with E-state index in [9.17, 15) is 0 Å². The molecule has 0 spiro atoms. The van der Waals surface area contributed by atoms with Gasteiger partial charge in [-0.15, -0.1) is 0 Å². The maximum atomic E-state index is 9.05. The summed E-state index contributed by atoms with van der Waals surface area (Å²) >= 11 is 0. The highest BCUT2D eigenvalue weighted by atomic mass is 16.5. The average molecular weight is 259 g/mol. The van der Waals surface area contributed by atoms with Gasteiger partial charge in [0, 0.05) is 38.1 Å². The number of hydrogen-bond acceptors (Lipinski definition) is 2. The molecule has 0 amide bonds. The number of aromatic nitrogens is 1. The molecule has 0 aliphatic carbocycles. The molecule has 0 saturated carbocycles. The Morgan fingerprint density at radius 1 is 1.21 bits per heavy atom. The van der Waals surface area contributed by atoms with Gasteiger partial charge in [0.1, 0.15) is 0 Å². The summed E-state index contributed by atoms with van der Waals surface area (Å²) in [5.74, 6) is 0.728. The number of aliphatic hydroxyl groups is 1. The fourth-order valence-corrected chi connectivity index (χ4v) is 2.88. The molecule has 2 aromatic rings. The van der Waals surface area contributed by atoms with Gasteiger partial charge in [-0.25, -0.2) is 0 Å². The molecule has 19 heavy (non-hydrogen) atoms. The zero-order valence-corrected chi connectivity index (χ0v) is 11.2. The van der Waals surface area contributed by atoms with Crippen molar-refractivity contribution in [1.29, 1.82) is 0 Å². The minimum Gasteiger partial charge on any atom is -0.396 e. The van der Waals surface area contributed by atoms with Crippen LogP contribution in [0.15, 0.2) is 30.5 Å². The van der Waals surface area contributed by atoms with Crippen LogP contribution in [-0.4, -0.2) is 29.5 Å². The van der Waals surface area contributed by atoms with E-state index in [2.05, 4.69) is 35.0 Å². The van der Waals surface area contributed by atoms with Crippen LogP contribution in [0.5, 0.6) is 0 Å². The van der Waals surface area contributed by atoms with E-state index in [4.69, 9.17) is 9.84 Å². The highest BCUT2D eigenvalue weighted by molar-refractivity contribution is 5.80. The van der Waals surface area contributed by atoms with Gasteiger partial charge in [0.25, 0.3) is 0 Å². The second-order valence-corrected chi connectivity index (χ2v) is 5.39. The number of nitrogens with zero attached hydrogens (tertiary/aromatic N) is 1. The van der Waals surface area contributed by atoms with Crippen LogP contribution in [0.1, 0.15) is 18.4 Å². The predicted octanol–water partition coefficient (Wildman–Crippen LogP) is 2.60. The number of rotatable bonds is 4. The summed E-state index contributed by atoms with van der Waals surface area (Å²) in [5.41, 5.74) is 2.50. The largest absolute Gasteiger partial charge is 0.396 e. The van der Waals surface area contributed by atoms with Gasteiger partial charge in [-0.1, -0.05) is 12.1 Å². The maximum Gasteiger partial charge on any atom is 0.0483 e. The molecule has 3 nitrogen and oxygen atoms in total. The Kier molecular flexibility index (Phi) is 3.85. The van der Waals surface area contributed by atoms with Crippen molar-refractivity contribution in [2.75, 3.05) is 19.8 Å². The van der Waals surface area contributed by atoms with E-state index < -0.39 is 0 Å². The van der Waals surface area contributed by atoms with Gasteiger partial charge >= 0.3 is 0 Å². The first-order valence-electron chi connectivity index (χ1n) is 7.13. The fourth-order valence-electron chi connectivity index (χ4n) is 2.88. The molecule has 3 rings (SSSR count). The first-order chi connectivity index (χ1) is 9.36. The van der Waals surface area contributed by atoms with Gasteiger partial charge in [-0.05, 0) is 48.3 Å². The lowest BCUT2D eigenvalue weighted by atomic mass is 10.0. The second-order valence-electron chi connectivity index (χ2n) is 5.39. The second kappa shape index (κ2) is 5.76. The van der Waals surface area contributed by atoms with E-state index in [1.165, 1.54) is 16.5 Å². The molecule has 0 atom stereocenters. The molecule has 0 radical (unpaired) electrons. The van der Waals surface area contributed by atoms with E-state index in [-0.39, 0.29) is 6.61 Å². The van der Waals surface area contributed by atoms with Crippen molar-refractivity contribution in [2.45, 2.75) is 25.8 Å². The lowest BCUT2D eigenvalue weighted by molar-refractivity contribution is 0.0616. The van der Waals surface area contributed by atoms with Crippen molar-refractivity contribution >= 4 is 10.9 Å². The lowest BCUT2D eigenvalue weighted by Crippen LogP contribution is -2.20. The number of aliphatic hydroxyl groups excluding tert-OH is 1. The Labute approximate surface area is 113 Å². The fraction of sp³-hybridized carbons (Fsp3) is 0.500. The molecule has 3 heteroatoms. The van der Waals surface area contributed by atoms with E-state index in [0.29, 0.717) is 0 Å². The molecule has 1 aromatic heterocycles. The van der Waals surface area contributed by atoms with Gasteiger partial charge < -0.3 is 14.4 Å². The summed E-state index contributed by atoms with van der Waals surface area (Å²) in [6.45, 7) is 3.10. The number of benzene rings is 1. The van der Waals surface area contributed by atoms with Crippen molar-refractivity contribution in [1.82, 2.24) is 4.57 Å². The minimum absolute atomic E-state index is 0.214. The Morgan fingerprint density at radius 3 is 2.84 bits per heavy atom. The van der Waals surface area contributed by atoms with Gasteiger partial charge in [0.2, 0.25) is 0 Å². The summed E-state index contributed by atoms with van der Waals surface area (Å²) in [6.07, 6.45) is 5.24. The quantitative estimate of drug-likeness (QED) is 0.916. The SMILES string of the molecule is OCCc1ccc2ccn(CC3CCOCC3)c2c1. The van der Waals surface area contributed by atoms with Crippen molar-refractivity contribution in [3.8, 4) is 0 Å².